The van der Waals surface area contributed by atoms with E-state index in [0.29, 0.717) is 12.5 Å². The number of piperazine rings is 1. The molecule has 4 nitrogen and oxygen atoms in total. The molecule has 1 rings (SSSR count). The molecule has 0 radical (unpaired) electrons. The van der Waals surface area contributed by atoms with Crippen molar-refractivity contribution < 1.29 is 9.59 Å². The molecule has 17 heavy (non-hydrogen) atoms. The highest BCUT2D eigenvalue weighted by molar-refractivity contribution is 5.99. The van der Waals surface area contributed by atoms with Crippen LogP contribution < -0.4 is 5.32 Å². The first-order chi connectivity index (χ1) is 7.76. The molecule has 1 heterocycles. The predicted octanol–water partition coefficient (Wildman–Crippen LogP) is 1.55. The van der Waals surface area contributed by atoms with Crippen molar-refractivity contribution in [3.05, 3.63) is 0 Å². The van der Waals surface area contributed by atoms with Crippen molar-refractivity contribution in [2.24, 2.45) is 5.92 Å². The second-order valence-electron chi connectivity index (χ2n) is 5.78. The topological polar surface area (TPSA) is 49.4 Å². The lowest BCUT2D eigenvalue weighted by molar-refractivity contribution is -0.154. The lowest BCUT2D eigenvalue weighted by atomic mass is 9.95. The molecule has 1 aliphatic heterocycles. The molecule has 4 heteroatoms. The summed E-state index contributed by atoms with van der Waals surface area (Å²) >= 11 is 0. The van der Waals surface area contributed by atoms with Crippen LogP contribution in [0.25, 0.3) is 0 Å². The number of nitrogens with zero attached hydrogens (tertiary/aromatic N) is 1. The van der Waals surface area contributed by atoms with Crippen LogP contribution in [0.5, 0.6) is 0 Å². The van der Waals surface area contributed by atoms with Gasteiger partial charge in [-0.05, 0) is 39.5 Å². The van der Waals surface area contributed by atoms with Crippen molar-refractivity contribution >= 4 is 11.8 Å². The van der Waals surface area contributed by atoms with Crippen molar-refractivity contribution in [2.45, 2.75) is 59.0 Å². The molecule has 1 unspecified atom stereocenters. The highest BCUT2D eigenvalue weighted by atomic mass is 16.2. The van der Waals surface area contributed by atoms with E-state index >= 15 is 0 Å². The van der Waals surface area contributed by atoms with Crippen LogP contribution in [-0.4, -0.2) is 34.8 Å². The van der Waals surface area contributed by atoms with Crippen molar-refractivity contribution in [1.29, 1.82) is 0 Å². The molecule has 1 fully saturated rings. The normalized spacial score (nSPS) is 24.1. The lowest BCUT2D eigenvalue weighted by Crippen LogP contribution is -2.67. The smallest absolute Gasteiger partial charge is 0.246 e. The summed E-state index contributed by atoms with van der Waals surface area (Å²) in [5.41, 5.74) is -0.722. The van der Waals surface area contributed by atoms with Gasteiger partial charge in [0.2, 0.25) is 11.8 Å². The van der Waals surface area contributed by atoms with E-state index in [9.17, 15) is 9.59 Å². The molecule has 1 N–H and O–H groups in total. The number of amides is 2. The van der Waals surface area contributed by atoms with Gasteiger partial charge in [0, 0.05) is 6.54 Å². The van der Waals surface area contributed by atoms with Gasteiger partial charge in [-0.2, -0.15) is 0 Å². The van der Waals surface area contributed by atoms with Crippen LogP contribution in [0.3, 0.4) is 0 Å². The minimum absolute atomic E-state index is 0.0263. The third-order valence-electron chi connectivity index (χ3n) is 3.38. The van der Waals surface area contributed by atoms with E-state index in [4.69, 9.17) is 0 Å². The first-order valence-electron chi connectivity index (χ1n) is 6.39. The van der Waals surface area contributed by atoms with Crippen molar-refractivity contribution in [3.63, 3.8) is 0 Å². The number of nitrogens with one attached hydrogen (secondary N) is 1. The Morgan fingerprint density at radius 3 is 2.47 bits per heavy atom. The standard InChI is InChI=1S/C13H24N2O2/c1-9(2)7-6-8-15-11(16)10(3)14-12(17)13(15,4)5/h9-10H,6-8H2,1-5H3,(H,14,17). The van der Waals surface area contributed by atoms with E-state index in [1.54, 1.807) is 11.8 Å². The van der Waals surface area contributed by atoms with E-state index in [1.807, 2.05) is 13.8 Å². The van der Waals surface area contributed by atoms with Gasteiger partial charge in [-0.3, -0.25) is 9.59 Å². The van der Waals surface area contributed by atoms with Crippen LogP contribution in [0.2, 0.25) is 0 Å². The van der Waals surface area contributed by atoms with Gasteiger partial charge >= 0.3 is 0 Å². The van der Waals surface area contributed by atoms with E-state index in [0.717, 1.165) is 12.8 Å². The summed E-state index contributed by atoms with van der Waals surface area (Å²) in [6, 6.07) is -0.394. The zero-order chi connectivity index (χ0) is 13.2. The fourth-order valence-corrected chi connectivity index (χ4v) is 2.11. The fourth-order valence-electron chi connectivity index (χ4n) is 2.11. The second-order valence-corrected chi connectivity index (χ2v) is 5.78. The van der Waals surface area contributed by atoms with E-state index in [1.165, 1.54) is 0 Å². The molecule has 1 atom stereocenters. The molecular formula is C13H24N2O2. The Labute approximate surface area is 104 Å². The first kappa shape index (κ1) is 14.0. The molecule has 1 saturated heterocycles. The number of hydrogen-bond donors (Lipinski definition) is 1. The van der Waals surface area contributed by atoms with Gasteiger partial charge in [0.05, 0.1) is 0 Å². The summed E-state index contributed by atoms with van der Waals surface area (Å²) < 4.78 is 0. The summed E-state index contributed by atoms with van der Waals surface area (Å²) in [7, 11) is 0. The second kappa shape index (κ2) is 5.07. The van der Waals surface area contributed by atoms with Gasteiger partial charge in [-0.15, -0.1) is 0 Å². The Morgan fingerprint density at radius 1 is 1.35 bits per heavy atom. The van der Waals surface area contributed by atoms with Crippen LogP contribution in [-0.2, 0) is 9.59 Å². The number of rotatable bonds is 4. The highest BCUT2D eigenvalue weighted by Crippen LogP contribution is 2.22. The fraction of sp³-hybridized carbons (Fsp3) is 0.846. The minimum atomic E-state index is -0.722. The summed E-state index contributed by atoms with van der Waals surface area (Å²) in [6.07, 6.45) is 2.03. The van der Waals surface area contributed by atoms with Gasteiger partial charge in [-0.25, -0.2) is 0 Å². The molecule has 98 valence electrons. The maximum Gasteiger partial charge on any atom is 0.246 e. The van der Waals surface area contributed by atoms with Crippen LogP contribution in [0.4, 0.5) is 0 Å². The predicted molar refractivity (Wildman–Crippen MR) is 67.5 cm³/mol. The van der Waals surface area contributed by atoms with E-state index < -0.39 is 11.6 Å². The molecule has 0 aromatic carbocycles. The molecule has 0 saturated carbocycles. The lowest BCUT2D eigenvalue weighted by Gasteiger charge is -2.43. The molecule has 0 aromatic rings. The quantitative estimate of drug-likeness (QED) is 0.810. The van der Waals surface area contributed by atoms with Crippen LogP contribution in [0, 0.1) is 5.92 Å². The van der Waals surface area contributed by atoms with Gasteiger partial charge in [0.1, 0.15) is 11.6 Å². The van der Waals surface area contributed by atoms with Crippen LogP contribution in [0.1, 0.15) is 47.5 Å². The molecule has 0 bridgehead atoms. The number of carbonyl (C=O) groups excluding carboxylic acids is 2. The van der Waals surface area contributed by atoms with Crippen LogP contribution in [0.15, 0.2) is 0 Å². The summed E-state index contributed by atoms with van der Waals surface area (Å²) in [5.74, 6) is 0.594. The Morgan fingerprint density at radius 2 is 1.94 bits per heavy atom. The molecule has 2 amide bonds. The maximum atomic E-state index is 12.1. The molecule has 0 aromatic heterocycles. The van der Waals surface area contributed by atoms with Crippen molar-refractivity contribution in [3.8, 4) is 0 Å². The maximum absolute atomic E-state index is 12.1. The number of carbonyl (C=O) groups is 2. The van der Waals surface area contributed by atoms with Gasteiger partial charge in [0.25, 0.3) is 0 Å². The Balaban J connectivity index is 2.70. The monoisotopic (exact) mass is 240 g/mol. The van der Waals surface area contributed by atoms with Gasteiger partial charge < -0.3 is 10.2 Å². The number of hydrogen-bond acceptors (Lipinski definition) is 2. The molecule has 0 spiro atoms. The zero-order valence-electron chi connectivity index (χ0n) is 11.5. The minimum Gasteiger partial charge on any atom is -0.343 e. The SMILES string of the molecule is CC(C)CCCN1C(=O)C(C)NC(=O)C1(C)C. The molecule has 1 aliphatic rings. The third-order valence-corrected chi connectivity index (χ3v) is 3.38. The van der Waals surface area contributed by atoms with Crippen LogP contribution >= 0.6 is 0 Å². The average Bonchev–Trinajstić information content (AvgIpc) is 2.20. The first-order valence-corrected chi connectivity index (χ1v) is 6.39. The van der Waals surface area contributed by atoms with Gasteiger partial charge in [-0.1, -0.05) is 13.8 Å². The summed E-state index contributed by atoms with van der Waals surface area (Å²) in [4.78, 5) is 25.7. The Kier molecular flexibility index (Phi) is 4.17. The van der Waals surface area contributed by atoms with Crippen molar-refractivity contribution in [1.82, 2.24) is 10.2 Å². The average molecular weight is 240 g/mol. The zero-order valence-corrected chi connectivity index (χ0v) is 11.5. The Hall–Kier alpha value is -1.06. The van der Waals surface area contributed by atoms with E-state index in [-0.39, 0.29) is 11.8 Å². The summed E-state index contributed by atoms with van der Waals surface area (Å²) in [6.45, 7) is 10.4. The molecular weight excluding hydrogens is 216 g/mol. The largest absolute Gasteiger partial charge is 0.343 e. The van der Waals surface area contributed by atoms with Crippen molar-refractivity contribution in [2.75, 3.05) is 6.54 Å². The third kappa shape index (κ3) is 2.99. The summed E-state index contributed by atoms with van der Waals surface area (Å²) in [5, 5.41) is 2.72. The van der Waals surface area contributed by atoms with Gasteiger partial charge in [0.15, 0.2) is 0 Å². The molecule has 0 aliphatic carbocycles. The van der Waals surface area contributed by atoms with E-state index in [2.05, 4.69) is 19.2 Å². The Bertz CT molecular complexity index is 311. The highest BCUT2D eigenvalue weighted by Gasteiger charge is 2.44.